The first-order valence-corrected chi connectivity index (χ1v) is 10.5. The van der Waals surface area contributed by atoms with E-state index in [1.54, 1.807) is 11.1 Å². The Morgan fingerprint density at radius 1 is 1.36 bits per heavy atom. The Hall–Kier alpha value is -1.25. The molecule has 160 valence electrons. The summed E-state index contributed by atoms with van der Waals surface area (Å²) >= 11 is 3.43. The first-order valence-electron chi connectivity index (χ1n) is 9.71. The van der Waals surface area contributed by atoms with Crippen LogP contribution in [0.25, 0.3) is 0 Å². The van der Waals surface area contributed by atoms with E-state index >= 15 is 0 Å². The fourth-order valence-corrected chi connectivity index (χ4v) is 3.34. The molecule has 5 N–H and O–H groups in total. The highest BCUT2D eigenvalue weighted by Gasteiger charge is 2.38. The number of hydrogen-bond acceptors (Lipinski definition) is 4. The van der Waals surface area contributed by atoms with Crippen molar-refractivity contribution >= 4 is 15.9 Å². The standard InChI is InChI=1S/C18H26BrF3N4.C2H6/c1-2-16(26(24)11-12-7-8-12)17(23)15(19)10-25-9-13-5-3-4-6-14(13)18(20,21)22;1-2/h2-4,6,12-13,25H,5,7-11,23-24H2,1H3;1-2H3/b16-2+,17-15-;. The van der Waals surface area contributed by atoms with E-state index in [0.717, 1.165) is 18.3 Å². The molecule has 0 heterocycles. The van der Waals surface area contributed by atoms with Gasteiger partial charge in [-0.3, -0.25) is 0 Å². The summed E-state index contributed by atoms with van der Waals surface area (Å²) in [6, 6.07) is 0. The molecule has 0 radical (unpaired) electrons. The molecule has 2 aliphatic rings. The fraction of sp³-hybridized carbons (Fsp3) is 0.600. The number of hydrazine groups is 1. The van der Waals surface area contributed by atoms with Crippen LogP contribution in [-0.4, -0.2) is 30.8 Å². The van der Waals surface area contributed by atoms with Crippen molar-refractivity contribution in [2.75, 3.05) is 19.6 Å². The van der Waals surface area contributed by atoms with Gasteiger partial charge >= 0.3 is 6.18 Å². The molecule has 0 saturated heterocycles. The Morgan fingerprint density at radius 2 is 2.00 bits per heavy atom. The van der Waals surface area contributed by atoms with E-state index in [1.165, 1.54) is 18.9 Å². The minimum Gasteiger partial charge on any atom is -0.396 e. The van der Waals surface area contributed by atoms with Crippen molar-refractivity contribution in [1.82, 2.24) is 10.3 Å². The average Bonchev–Trinajstić information content (AvgIpc) is 3.47. The van der Waals surface area contributed by atoms with Crippen LogP contribution in [0.3, 0.4) is 0 Å². The maximum atomic E-state index is 13.1. The van der Waals surface area contributed by atoms with Gasteiger partial charge in [0.1, 0.15) is 0 Å². The zero-order chi connectivity index (χ0) is 21.3. The maximum absolute atomic E-state index is 13.1. The lowest BCUT2D eigenvalue weighted by Gasteiger charge is -2.25. The SMILES string of the molecule is C/C=C(\C(N)=C(\Br)CNCC1CC=CC=C1C(F)(F)F)N(N)CC1CC1.CC. The Kier molecular flexibility index (Phi) is 10.3. The Morgan fingerprint density at radius 3 is 2.54 bits per heavy atom. The molecule has 0 aliphatic heterocycles. The number of nitrogens with two attached hydrogens (primary N) is 2. The predicted molar refractivity (Wildman–Crippen MR) is 113 cm³/mol. The van der Waals surface area contributed by atoms with Crippen molar-refractivity contribution in [3.63, 3.8) is 0 Å². The number of nitrogens with one attached hydrogen (secondary N) is 1. The summed E-state index contributed by atoms with van der Waals surface area (Å²) in [4.78, 5) is 0. The monoisotopic (exact) mass is 464 g/mol. The molecule has 4 nitrogen and oxygen atoms in total. The lowest BCUT2D eigenvalue weighted by Crippen LogP contribution is -2.35. The topological polar surface area (TPSA) is 67.3 Å². The molecular weight excluding hydrogens is 433 g/mol. The Bertz CT molecular complexity index is 619. The molecule has 2 rings (SSSR count). The normalized spacial score (nSPS) is 20.8. The highest BCUT2D eigenvalue weighted by Crippen LogP contribution is 2.35. The smallest absolute Gasteiger partial charge is 0.396 e. The minimum absolute atomic E-state index is 0.220. The van der Waals surface area contributed by atoms with Crippen LogP contribution in [0.5, 0.6) is 0 Å². The summed E-state index contributed by atoms with van der Waals surface area (Å²) in [5, 5.41) is 4.71. The van der Waals surface area contributed by atoms with E-state index in [9.17, 15) is 13.2 Å². The van der Waals surface area contributed by atoms with Crippen LogP contribution in [0.1, 0.15) is 40.0 Å². The number of nitrogens with zero attached hydrogens (tertiary/aromatic N) is 1. The summed E-state index contributed by atoms with van der Waals surface area (Å²) < 4.78 is 39.9. The van der Waals surface area contributed by atoms with Gasteiger partial charge in [-0.25, -0.2) is 5.84 Å². The Labute approximate surface area is 174 Å². The molecular formula is C20H32BrF3N4. The van der Waals surface area contributed by atoms with Gasteiger partial charge in [-0.1, -0.05) is 54.1 Å². The zero-order valence-corrected chi connectivity index (χ0v) is 18.4. The van der Waals surface area contributed by atoms with Gasteiger partial charge in [-0.2, -0.15) is 13.2 Å². The van der Waals surface area contributed by atoms with Gasteiger partial charge in [-0.15, -0.1) is 0 Å². The molecule has 8 heteroatoms. The highest BCUT2D eigenvalue weighted by molar-refractivity contribution is 9.11. The molecule has 0 amide bonds. The summed E-state index contributed by atoms with van der Waals surface area (Å²) in [5.74, 6) is 6.11. The molecule has 1 unspecified atom stereocenters. The van der Waals surface area contributed by atoms with Crippen molar-refractivity contribution in [2.45, 2.75) is 46.2 Å². The lowest BCUT2D eigenvalue weighted by atomic mass is 9.91. The van der Waals surface area contributed by atoms with Crippen LogP contribution in [0, 0.1) is 11.8 Å². The van der Waals surface area contributed by atoms with Crippen molar-refractivity contribution in [3.8, 4) is 0 Å². The van der Waals surface area contributed by atoms with Crippen molar-refractivity contribution in [2.24, 2.45) is 23.4 Å². The van der Waals surface area contributed by atoms with Crippen LogP contribution in [0.2, 0.25) is 0 Å². The number of allylic oxidation sites excluding steroid dienone is 4. The van der Waals surface area contributed by atoms with Gasteiger partial charge in [0.15, 0.2) is 0 Å². The molecule has 0 aromatic heterocycles. The van der Waals surface area contributed by atoms with Crippen LogP contribution in [0.15, 0.2) is 45.8 Å². The molecule has 1 atom stereocenters. The fourth-order valence-electron chi connectivity index (χ4n) is 2.94. The van der Waals surface area contributed by atoms with Crippen LogP contribution >= 0.6 is 15.9 Å². The van der Waals surface area contributed by atoms with E-state index in [0.29, 0.717) is 29.1 Å². The molecule has 1 saturated carbocycles. The summed E-state index contributed by atoms with van der Waals surface area (Å²) in [5.41, 5.74) is 6.91. The molecule has 28 heavy (non-hydrogen) atoms. The zero-order valence-electron chi connectivity index (χ0n) is 16.8. The van der Waals surface area contributed by atoms with Gasteiger partial charge in [-0.05, 0) is 32.1 Å². The average molecular weight is 465 g/mol. The van der Waals surface area contributed by atoms with Crippen LogP contribution in [0.4, 0.5) is 13.2 Å². The number of alkyl halides is 3. The molecule has 0 spiro atoms. The van der Waals surface area contributed by atoms with Crippen LogP contribution < -0.4 is 16.9 Å². The van der Waals surface area contributed by atoms with E-state index in [2.05, 4.69) is 21.2 Å². The van der Waals surface area contributed by atoms with Gasteiger partial charge in [0, 0.05) is 35.6 Å². The van der Waals surface area contributed by atoms with E-state index < -0.39 is 17.7 Å². The predicted octanol–water partition coefficient (Wildman–Crippen LogP) is 4.72. The second kappa shape index (κ2) is 11.7. The molecule has 0 aromatic rings. The van der Waals surface area contributed by atoms with Gasteiger partial charge in [0.25, 0.3) is 0 Å². The molecule has 0 aromatic carbocycles. The first kappa shape index (κ1) is 24.8. The van der Waals surface area contributed by atoms with Crippen LogP contribution in [-0.2, 0) is 0 Å². The first-order chi connectivity index (χ1) is 13.2. The molecule has 0 bridgehead atoms. The summed E-state index contributed by atoms with van der Waals surface area (Å²) in [6.07, 6.45) is 4.64. The Balaban J connectivity index is 0.00000190. The van der Waals surface area contributed by atoms with Crippen molar-refractivity contribution in [1.29, 1.82) is 0 Å². The third kappa shape index (κ3) is 7.64. The van der Waals surface area contributed by atoms with Crippen molar-refractivity contribution < 1.29 is 13.2 Å². The quantitative estimate of drug-likeness (QED) is 0.276. The van der Waals surface area contributed by atoms with E-state index in [-0.39, 0.29) is 6.54 Å². The van der Waals surface area contributed by atoms with Crippen molar-refractivity contribution in [3.05, 3.63) is 45.8 Å². The van der Waals surface area contributed by atoms with Gasteiger partial charge < -0.3 is 16.1 Å². The summed E-state index contributed by atoms with van der Waals surface area (Å²) in [6.45, 7) is 7.17. The second-order valence-corrected chi connectivity index (χ2v) is 7.66. The number of halogens is 4. The highest BCUT2D eigenvalue weighted by atomic mass is 79.9. The summed E-state index contributed by atoms with van der Waals surface area (Å²) in [7, 11) is 0. The van der Waals surface area contributed by atoms with Gasteiger partial charge in [0.05, 0.1) is 11.4 Å². The molecule has 1 fully saturated rings. The molecule has 2 aliphatic carbocycles. The van der Waals surface area contributed by atoms with Gasteiger partial charge in [0.2, 0.25) is 0 Å². The minimum atomic E-state index is -4.30. The number of hydrogen-bond donors (Lipinski definition) is 3. The second-order valence-electron chi connectivity index (χ2n) is 6.70. The lowest BCUT2D eigenvalue weighted by molar-refractivity contribution is -0.0990. The largest absolute Gasteiger partial charge is 0.413 e. The van der Waals surface area contributed by atoms with E-state index in [1.807, 2.05) is 26.8 Å². The third-order valence-corrected chi connectivity index (χ3v) is 5.28. The van der Waals surface area contributed by atoms with E-state index in [4.69, 9.17) is 11.6 Å². The third-order valence-electron chi connectivity index (χ3n) is 4.57. The maximum Gasteiger partial charge on any atom is 0.413 e. The number of rotatable bonds is 8.